The molecule has 6 heteroatoms. The van der Waals surface area contributed by atoms with Crippen LogP contribution < -0.4 is 9.64 Å². The number of nitrogens with zero attached hydrogens (tertiary/aromatic N) is 3. The minimum atomic E-state index is -0.276. The average Bonchev–Trinajstić information content (AvgIpc) is 3.05. The van der Waals surface area contributed by atoms with Crippen molar-refractivity contribution in [3.05, 3.63) is 23.8 Å². The molecule has 2 heterocycles. The summed E-state index contributed by atoms with van der Waals surface area (Å²) in [4.78, 5) is 31.9. The summed E-state index contributed by atoms with van der Waals surface area (Å²) in [6.07, 6.45) is 2.29. The zero-order valence-corrected chi connectivity index (χ0v) is 16.9. The predicted octanol–water partition coefficient (Wildman–Crippen LogP) is 2.30. The normalized spacial score (nSPS) is 21.6. The lowest BCUT2D eigenvalue weighted by atomic mass is 10.00. The van der Waals surface area contributed by atoms with Gasteiger partial charge in [-0.1, -0.05) is 6.07 Å². The van der Waals surface area contributed by atoms with Crippen LogP contribution in [0.1, 0.15) is 31.7 Å². The second-order valence-corrected chi connectivity index (χ2v) is 7.74. The quantitative estimate of drug-likeness (QED) is 0.795. The van der Waals surface area contributed by atoms with Gasteiger partial charge in [-0.15, -0.1) is 0 Å². The highest BCUT2D eigenvalue weighted by Gasteiger charge is 2.39. The Morgan fingerprint density at radius 1 is 1.30 bits per heavy atom. The van der Waals surface area contributed by atoms with Gasteiger partial charge in [-0.05, 0) is 64.5 Å². The number of hydrogen-bond acceptors (Lipinski definition) is 4. The fourth-order valence-corrected chi connectivity index (χ4v) is 4.25. The molecule has 2 aliphatic heterocycles. The standard InChI is InChI=1S/C21H31N3O3/c1-5-23(17-8-10-22(3)11-9-17)21(26)16-13-20(25)24(14-16)18-12-15(2)6-7-19(18)27-4/h6-7,12,16-17H,5,8-11,13-14H2,1-4H3. The van der Waals surface area contributed by atoms with Crippen molar-refractivity contribution >= 4 is 17.5 Å². The van der Waals surface area contributed by atoms with E-state index in [4.69, 9.17) is 4.74 Å². The van der Waals surface area contributed by atoms with E-state index >= 15 is 0 Å². The van der Waals surface area contributed by atoms with Crippen LogP contribution in [0.3, 0.4) is 0 Å². The van der Waals surface area contributed by atoms with Crippen LogP contribution >= 0.6 is 0 Å². The van der Waals surface area contributed by atoms with Gasteiger partial charge in [0.15, 0.2) is 0 Å². The van der Waals surface area contributed by atoms with E-state index < -0.39 is 0 Å². The minimum Gasteiger partial charge on any atom is -0.495 e. The fourth-order valence-electron chi connectivity index (χ4n) is 4.25. The molecule has 3 rings (SSSR count). The van der Waals surface area contributed by atoms with Gasteiger partial charge in [0.2, 0.25) is 11.8 Å². The lowest BCUT2D eigenvalue weighted by molar-refractivity contribution is -0.138. The first kappa shape index (κ1) is 19.7. The van der Waals surface area contributed by atoms with Crippen LogP contribution in [0.25, 0.3) is 0 Å². The van der Waals surface area contributed by atoms with E-state index in [1.807, 2.05) is 36.9 Å². The number of aryl methyl sites for hydroxylation is 1. The van der Waals surface area contributed by atoms with Crippen molar-refractivity contribution in [2.75, 3.05) is 45.2 Å². The highest BCUT2D eigenvalue weighted by atomic mass is 16.5. The molecule has 0 bridgehead atoms. The number of amides is 2. The van der Waals surface area contributed by atoms with E-state index in [2.05, 4.69) is 11.9 Å². The number of ether oxygens (including phenoxy) is 1. The van der Waals surface area contributed by atoms with Crippen molar-refractivity contribution in [1.82, 2.24) is 9.80 Å². The maximum Gasteiger partial charge on any atom is 0.228 e. The molecule has 2 amide bonds. The molecule has 0 aliphatic carbocycles. The zero-order valence-electron chi connectivity index (χ0n) is 16.9. The molecular weight excluding hydrogens is 342 g/mol. The summed E-state index contributed by atoms with van der Waals surface area (Å²) in [5, 5.41) is 0. The number of benzene rings is 1. The van der Waals surface area contributed by atoms with Gasteiger partial charge in [-0.3, -0.25) is 9.59 Å². The topological polar surface area (TPSA) is 53.1 Å². The van der Waals surface area contributed by atoms with Gasteiger partial charge in [0.25, 0.3) is 0 Å². The van der Waals surface area contributed by atoms with Gasteiger partial charge in [-0.2, -0.15) is 0 Å². The Balaban J connectivity index is 1.74. The molecule has 1 aromatic rings. The van der Waals surface area contributed by atoms with Crippen molar-refractivity contribution in [1.29, 1.82) is 0 Å². The number of likely N-dealkylation sites (tertiary alicyclic amines) is 1. The Morgan fingerprint density at radius 3 is 2.63 bits per heavy atom. The molecule has 1 unspecified atom stereocenters. The minimum absolute atomic E-state index is 0.00307. The van der Waals surface area contributed by atoms with Crippen molar-refractivity contribution in [3.8, 4) is 5.75 Å². The van der Waals surface area contributed by atoms with Gasteiger partial charge < -0.3 is 19.4 Å². The molecule has 2 aliphatic rings. The number of carbonyl (C=O) groups is 2. The third kappa shape index (κ3) is 4.10. The molecule has 27 heavy (non-hydrogen) atoms. The molecule has 6 nitrogen and oxygen atoms in total. The summed E-state index contributed by atoms with van der Waals surface area (Å²) in [7, 11) is 3.73. The lowest BCUT2D eigenvalue weighted by Crippen LogP contribution is -2.48. The fraction of sp³-hybridized carbons (Fsp3) is 0.619. The molecule has 0 aromatic heterocycles. The maximum absolute atomic E-state index is 13.2. The second-order valence-electron chi connectivity index (χ2n) is 7.74. The number of methoxy groups -OCH3 is 1. The SMILES string of the molecule is CCN(C(=O)C1CC(=O)N(c2cc(C)ccc2OC)C1)C1CCN(C)CC1. The summed E-state index contributed by atoms with van der Waals surface area (Å²) < 4.78 is 5.44. The van der Waals surface area contributed by atoms with Crippen LogP contribution in [0.2, 0.25) is 0 Å². The van der Waals surface area contributed by atoms with Gasteiger partial charge in [-0.25, -0.2) is 0 Å². The van der Waals surface area contributed by atoms with Crippen LogP contribution in [0.4, 0.5) is 5.69 Å². The number of piperidine rings is 1. The average molecular weight is 373 g/mol. The Hall–Kier alpha value is -2.08. The lowest BCUT2D eigenvalue weighted by Gasteiger charge is -2.38. The number of carbonyl (C=O) groups excluding carboxylic acids is 2. The number of hydrogen-bond donors (Lipinski definition) is 0. The molecule has 0 spiro atoms. The van der Waals surface area contributed by atoms with Crippen molar-refractivity contribution in [2.45, 2.75) is 39.2 Å². The monoisotopic (exact) mass is 373 g/mol. The van der Waals surface area contributed by atoms with Gasteiger partial charge >= 0.3 is 0 Å². The van der Waals surface area contributed by atoms with E-state index in [1.54, 1.807) is 12.0 Å². The molecule has 0 radical (unpaired) electrons. The van der Waals surface area contributed by atoms with Gasteiger partial charge in [0, 0.05) is 25.6 Å². The van der Waals surface area contributed by atoms with Gasteiger partial charge in [0.1, 0.15) is 5.75 Å². The van der Waals surface area contributed by atoms with E-state index in [0.29, 0.717) is 18.8 Å². The maximum atomic E-state index is 13.2. The van der Waals surface area contributed by atoms with Crippen LogP contribution in [0.15, 0.2) is 18.2 Å². The molecule has 0 N–H and O–H groups in total. The Morgan fingerprint density at radius 2 is 2.00 bits per heavy atom. The van der Waals surface area contributed by atoms with E-state index in [9.17, 15) is 9.59 Å². The first-order valence-electron chi connectivity index (χ1n) is 9.88. The Bertz CT molecular complexity index is 698. The summed E-state index contributed by atoms with van der Waals surface area (Å²) in [5.41, 5.74) is 1.83. The molecule has 0 saturated carbocycles. The summed E-state index contributed by atoms with van der Waals surface area (Å²) in [6, 6.07) is 6.09. The molecular formula is C21H31N3O3. The molecule has 1 aromatic carbocycles. The number of anilines is 1. The Labute approximate surface area is 162 Å². The van der Waals surface area contributed by atoms with Crippen LogP contribution in [0, 0.1) is 12.8 Å². The van der Waals surface area contributed by atoms with Crippen LogP contribution in [0.5, 0.6) is 5.75 Å². The van der Waals surface area contributed by atoms with Crippen LogP contribution in [-0.4, -0.2) is 68.0 Å². The molecule has 2 fully saturated rings. The first-order chi connectivity index (χ1) is 12.9. The summed E-state index contributed by atoms with van der Waals surface area (Å²) >= 11 is 0. The number of rotatable bonds is 5. The molecule has 1 atom stereocenters. The van der Waals surface area contributed by atoms with Crippen molar-refractivity contribution < 1.29 is 14.3 Å². The third-order valence-electron chi connectivity index (χ3n) is 5.85. The first-order valence-corrected chi connectivity index (χ1v) is 9.88. The van der Waals surface area contributed by atoms with Crippen molar-refractivity contribution in [2.24, 2.45) is 5.92 Å². The predicted molar refractivity (Wildman–Crippen MR) is 106 cm³/mol. The second kappa shape index (κ2) is 8.30. The third-order valence-corrected chi connectivity index (χ3v) is 5.85. The largest absolute Gasteiger partial charge is 0.495 e. The summed E-state index contributed by atoms with van der Waals surface area (Å²) in [6.45, 7) is 7.20. The molecule has 2 saturated heterocycles. The smallest absolute Gasteiger partial charge is 0.228 e. The Kier molecular flexibility index (Phi) is 6.05. The van der Waals surface area contributed by atoms with Crippen molar-refractivity contribution in [3.63, 3.8) is 0 Å². The highest BCUT2D eigenvalue weighted by molar-refractivity contribution is 6.01. The van der Waals surface area contributed by atoms with Crippen LogP contribution in [-0.2, 0) is 9.59 Å². The zero-order chi connectivity index (χ0) is 19.6. The van der Waals surface area contributed by atoms with Gasteiger partial charge in [0.05, 0.1) is 18.7 Å². The molecule has 148 valence electrons. The van der Waals surface area contributed by atoms with E-state index in [-0.39, 0.29) is 30.2 Å². The van der Waals surface area contributed by atoms with E-state index in [1.165, 1.54) is 0 Å². The van der Waals surface area contributed by atoms with E-state index in [0.717, 1.165) is 37.2 Å². The highest BCUT2D eigenvalue weighted by Crippen LogP contribution is 2.34. The summed E-state index contributed by atoms with van der Waals surface area (Å²) in [5.74, 6) is 0.512.